The van der Waals surface area contributed by atoms with Crippen molar-refractivity contribution < 1.29 is 8.78 Å². The molecule has 0 fully saturated rings. The van der Waals surface area contributed by atoms with Crippen LogP contribution in [0.25, 0.3) is 0 Å². The molecular formula is C14H12F2N2S2. The van der Waals surface area contributed by atoms with Gasteiger partial charge in [-0.25, -0.2) is 8.78 Å². The highest BCUT2D eigenvalue weighted by molar-refractivity contribution is 8.00. The molecule has 3 N–H and O–H groups in total. The lowest BCUT2D eigenvalue weighted by Gasteiger charge is -2.12. The minimum Gasteiger partial charge on any atom is -0.384 e. The average molecular weight is 310 g/mol. The number of halogens is 2. The first-order valence-corrected chi connectivity index (χ1v) is 7.71. The van der Waals surface area contributed by atoms with Gasteiger partial charge in [-0.2, -0.15) is 0 Å². The fourth-order valence-electron chi connectivity index (χ4n) is 1.71. The van der Waals surface area contributed by atoms with Gasteiger partial charge in [0.2, 0.25) is 0 Å². The molecule has 0 bridgehead atoms. The first-order valence-electron chi connectivity index (χ1n) is 5.67. The number of nitrogens with one attached hydrogen (secondary N) is 1. The summed E-state index contributed by atoms with van der Waals surface area (Å²) in [5.74, 6) is -1.31. The van der Waals surface area contributed by atoms with Gasteiger partial charge in [0.1, 0.15) is 17.5 Å². The molecule has 2 nitrogen and oxygen atoms in total. The van der Waals surface area contributed by atoms with Crippen LogP contribution in [0.3, 0.4) is 0 Å². The van der Waals surface area contributed by atoms with E-state index in [2.05, 4.69) is 0 Å². The van der Waals surface area contributed by atoms with Gasteiger partial charge in [0.05, 0.1) is 0 Å². The summed E-state index contributed by atoms with van der Waals surface area (Å²) in [5, 5.41) is 7.67. The molecule has 0 heterocycles. The van der Waals surface area contributed by atoms with Crippen LogP contribution >= 0.6 is 23.5 Å². The van der Waals surface area contributed by atoms with Gasteiger partial charge < -0.3 is 5.73 Å². The molecular weight excluding hydrogens is 298 g/mol. The third-order valence-corrected chi connectivity index (χ3v) is 4.48. The predicted octanol–water partition coefficient (Wildman–Crippen LogP) is 4.12. The van der Waals surface area contributed by atoms with E-state index in [0.29, 0.717) is 15.4 Å². The first kappa shape index (κ1) is 14.9. The average Bonchev–Trinajstić information content (AvgIpc) is 2.41. The fraction of sp³-hybridized carbons (Fsp3) is 0.0714. The monoisotopic (exact) mass is 310 g/mol. The van der Waals surface area contributed by atoms with Gasteiger partial charge in [0.15, 0.2) is 0 Å². The van der Waals surface area contributed by atoms with E-state index in [1.165, 1.54) is 23.9 Å². The molecule has 0 spiro atoms. The van der Waals surface area contributed by atoms with E-state index in [4.69, 9.17) is 11.1 Å². The highest BCUT2D eigenvalue weighted by Gasteiger charge is 2.14. The molecule has 20 heavy (non-hydrogen) atoms. The second-order valence-electron chi connectivity index (χ2n) is 3.92. The van der Waals surface area contributed by atoms with Crippen LogP contribution in [0, 0.1) is 17.0 Å². The Morgan fingerprint density at radius 3 is 2.40 bits per heavy atom. The second-order valence-corrected chi connectivity index (χ2v) is 5.86. The fourth-order valence-corrected chi connectivity index (χ4v) is 3.41. The number of hydrogen-bond donors (Lipinski definition) is 2. The Morgan fingerprint density at radius 1 is 1.10 bits per heavy atom. The molecule has 0 atom stereocenters. The molecule has 104 valence electrons. The van der Waals surface area contributed by atoms with E-state index in [1.807, 2.05) is 18.4 Å². The Kier molecular flexibility index (Phi) is 4.67. The summed E-state index contributed by atoms with van der Waals surface area (Å²) in [6.07, 6.45) is 1.88. The summed E-state index contributed by atoms with van der Waals surface area (Å²) < 4.78 is 26.6. The molecule has 2 rings (SSSR count). The van der Waals surface area contributed by atoms with Crippen LogP contribution in [-0.2, 0) is 0 Å². The van der Waals surface area contributed by atoms with E-state index < -0.39 is 11.6 Å². The lowest BCUT2D eigenvalue weighted by molar-refractivity contribution is 0.565. The van der Waals surface area contributed by atoms with Crippen molar-refractivity contribution in [2.24, 2.45) is 5.73 Å². The van der Waals surface area contributed by atoms with Crippen molar-refractivity contribution in [1.82, 2.24) is 0 Å². The van der Waals surface area contributed by atoms with E-state index in [1.54, 1.807) is 6.07 Å². The Labute approximate surface area is 124 Å². The molecule has 6 heteroatoms. The number of thioether (sulfide) groups is 1. The Balaban J connectivity index is 2.45. The minimum absolute atomic E-state index is 0.0695. The largest absolute Gasteiger partial charge is 0.384 e. The van der Waals surface area contributed by atoms with E-state index in [9.17, 15) is 8.78 Å². The maximum absolute atomic E-state index is 13.7. The van der Waals surface area contributed by atoms with Crippen molar-refractivity contribution in [3.05, 3.63) is 53.6 Å². The van der Waals surface area contributed by atoms with E-state index in [0.717, 1.165) is 22.7 Å². The highest BCUT2D eigenvalue weighted by atomic mass is 32.2. The number of rotatable bonds is 4. The van der Waals surface area contributed by atoms with Gasteiger partial charge in [-0.15, -0.1) is 11.8 Å². The minimum atomic E-state index is -0.626. The molecule has 0 aromatic heterocycles. The smallest absolute Gasteiger partial charge is 0.140 e. The van der Waals surface area contributed by atoms with Crippen LogP contribution in [0.15, 0.2) is 51.1 Å². The maximum Gasteiger partial charge on any atom is 0.140 e. The zero-order chi connectivity index (χ0) is 14.7. The molecule has 0 saturated carbocycles. The Hall–Kier alpha value is -1.53. The SMILES string of the molecule is CSc1cccc(Sc2ccc(F)cc2F)c1C(=N)N. The summed E-state index contributed by atoms with van der Waals surface area (Å²) >= 11 is 2.60. The summed E-state index contributed by atoms with van der Waals surface area (Å²) in [6.45, 7) is 0. The van der Waals surface area contributed by atoms with Gasteiger partial charge in [-0.05, 0) is 30.5 Å². The van der Waals surface area contributed by atoms with Crippen molar-refractivity contribution in [3.8, 4) is 0 Å². The van der Waals surface area contributed by atoms with E-state index >= 15 is 0 Å². The zero-order valence-corrected chi connectivity index (χ0v) is 12.2. The van der Waals surface area contributed by atoms with Crippen molar-refractivity contribution in [3.63, 3.8) is 0 Å². The van der Waals surface area contributed by atoms with Crippen molar-refractivity contribution in [2.75, 3.05) is 6.26 Å². The highest BCUT2D eigenvalue weighted by Crippen LogP contribution is 2.35. The molecule has 0 aliphatic heterocycles. The number of amidine groups is 1. The Bertz CT molecular complexity index is 660. The normalized spacial score (nSPS) is 10.6. The maximum atomic E-state index is 13.7. The second kappa shape index (κ2) is 6.28. The quantitative estimate of drug-likeness (QED) is 0.507. The summed E-state index contributed by atoms with van der Waals surface area (Å²) in [7, 11) is 0. The summed E-state index contributed by atoms with van der Waals surface area (Å²) in [4.78, 5) is 1.83. The predicted molar refractivity (Wildman–Crippen MR) is 79.7 cm³/mol. The van der Waals surface area contributed by atoms with Gasteiger partial charge >= 0.3 is 0 Å². The standard InChI is InChI=1S/C14H12F2N2S2/c1-19-11-3-2-4-12(13(11)14(17)18)20-10-6-5-8(15)7-9(10)16/h2-7H,1H3,(H3,17,18). The number of hydrogen-bond acceptors (Lipinski definition) is 3. The molecule has 0 saturated heterocycles. The first-order chi connectivity index (χ1) is 9.52. The van der Waals surface area contributed by atoms with Crippen molar-refractivity contribution in [1.29, 1.82) is 5.41 Å². The van der Waals surface area contributed by atoms with Crippen LogP contribution in [0.2, 0.25) is 0 Å². The van der Waals surface area contributed by atoms with Crippen LogP contribution < -0.4 is 5.73 Å². The van der Waals surface area contributed by atoms with Gasteiger partial charge in [-0.1, -0.05) is 17.8 Å². The molecule has 2 aromatic carbocycles. The molecule has 0 aliphatic carbocycles. The van der Waals surface area contributed by atoms with Crippen LogP contribution in [0.1, 0.15) is 5.56 Å². The molecule has 0 radical (unpaired) electrons. The summed E-state index contributed by atoms with van der Waals surface area (Å²) in [6, 6.07) is 8.87. The number of nitrogens with two attached hydrogens (primary N) is 1. The van der Waals surface area contributed by atoms with E-state index in [-0.39, 0.29) is 5.84 Å². The zero-order valence-electron chi connectivity index (χ0n) is 10.6. The Morgan fingerprint density at radius 2 is 1.80 bits per heavy atom. The third kappa shape index (κ3) is 3.13. The number of benzene rings is 2. The third-order valence-electron chi connectivity index (χ3n) is 2.59. The van der Waals surface area contributed by atoms with Crippen LogP contribution in [0.4, 0.5) is 8.78 Å². The van der Waals surface area contributed by atoms with Gasteiger partial charge in [0.25, 0.3) is 0 Å². The molecule has 2 aromatic rings. The molecule has 0 amide bonds. The van der Waals surface area contributed by atoms with Crippen molar-refractivity contribution in [2.45, 2.75) is 14.7 Å². The molecule has 0 unspecified atom stereocenters. The number of nitrogen functional groups attached to an aromatic ring is 1. The lowest BCUT2D eigenvalue weighted by Crippen LogP contribution is -2.13. The molecule has 0 aliphatic rings. The van der Waals surface area contributed by atoms with Gasteiger partial charge in [0, 0.05) is 26.3 Å². The van der Waals surface area contributed by atoms with Crippen molar-refractivity contribution >= 4 is 29.4 Å². The van der Waals surface area contributed by atoms with Gasteiger partial charge in [-0.3, -0.25) is 5.41 Å². The van der Waals surface area contributed by atoms with Crippen LogP contribution in [0.5, 0.6) is 0 Å². The lowest BCUT2D eigenvalue weighted by atomic mass is 10.2. The summed E-state index contributed by atoms with van der Waals surface area (Å²) in [5.41, 5.74) is 6.19. The topological polar surface area (TPSA) is 49.9 Å². The van der Waals surface area contributed by atoms with Crippen LogP contribution in [-0.4, -0.2) is 12.1 Å².